The second kappa shape index (κ2) is 15.1. The molecule has 0 unspecified atom stereocenters. The van der Waals surface area contributed by atoms with Gasteiger partial charge in [-0.2, -0.15) is 0 Å². The van der Waals surface area contributed by atoms with Gasteiger partial charge in [0.25, 0.3) is 0 Å². The van der Waals surface area contributed by atoms with Crippen LogP contribution in [0, 0.1) is 0 Å². The number of nitrogens with zero attached hydrogens (tertiary/aromatic N) is 4. The molecule has 2 aromatic heterocycles. The van der Waals surface area contributed by atoms with E-state index in [9.17, 15) is 19.2 Å². The predicted octanol–water partition coefficient (Wildman–Crippen LogP) is 5.44. The Labute approximate surface area is 308 Å². The van der Waals surface area contributed by atoms with Gasteiger partial charge in [-0.05, 0) is 81.0 Å². The summed E-state index contributed by atoms with van der Waals surface area (Å²) in [6.45, 7) is 4.54. The summed E-state index contributed by atoms with van der Waals surface area (Å²) in [7, 11) is 2.56. The SMILES string of the molecule is COC(=O)N[C@@H](C)C(=O)N1CCC[C@H]1c1ncc(-c2ccc(-c3ccc4c(c3)CCCc3[nH]c([C@@H]5CCCN5C(=O)[C@H](C)NC(=O)OC)nc3-4)cc2)[nH]1. The van der Waals surface area contributed by atoms with Crippen molar-refractivity contribution in [1.29, 1.82) is 0 Å². The van der Waals surface area contributed by atoms with E-state index in [1.54, 1.807) is 24.9 Å². The number of carbonyl (C=O) groups excluding carboxylic acids is 4. The van der Waals surface area contributed by atoms with E-state index in [-0.39, 0.29) is 23.9 Å². The number of fused-ring (bicyclic) bond motifs is 3. The van der Waals surface area contributed by atoms with Crippen molar-refractivity contribution in [1.82, 2.24) is 40.4 Å². The smallest absolute Gasteiger partial charge is 0.407 e. The number of alkyl carbamates (subject to hydrolysis) is 2. The van der Waals surface area contributed by atoms with Crippen LogP contribution in [-0.2, 0) is 31.9 Å². The van der Waals surface area contributed by atoms with E-state index in [1.165, 1.54) is 19.8 Å². The summed E-state index contributed by atoms with van der Waals surface area (Å²) in [5.41, 5.74) is 8.45. The number of benzene rings is 2. The number of hydrogen-bond donors (Lipinski definition) is 4. The topological polar surface area (TPSA) is 175 Å². The van der Waals surface area contributed by atoms with E-state index in [0.717, 1.165) is 95.9 Å². The molecule has 7 rings (SSSR count). The first-order chi connectivity index (χ1) is 25.6. The van der Waals surface area contributed by atoms with Crippen molar-refractivity contribution in [2.24, 2.45) is 0 Å². The number of ether oxygens (including phenoxy) is 2. The molecule has 4 amide bonds. The second-order valence-electron chi connectivity index (χ2n) is 14.0. The number of rotatable bonds is 8. The highest BCUT2D eigenvalue weighted by molar-refractivity contribution is 5.86. The van der Waals surface area contributed by atoms with Crippen molar-refractivity contribution in [3.63, 3.8) is 0 Å². The fourth-order valence-electron chi connectivity index (χ4n) is 7.87. The molecule has 2 aliphatic heterocycles. The van der Waals surface area contributed by atoms with Crippen molar-refractivity contribution < 1.29 is 28.7 Å². The molecule has 4 aromatic rings. The Morgan fingerprint density at radius 1 is 0.755 bits per heavy atom. The summed E-state index contributed by atoms with van der Waals surface area (Å²) in [5, 5.41) is 5.16. The van der Waals surface area contributed by atoms with Gasteiger partial charge in [0.2, 0.25) is 11.8 Å². The molecule has 4 N–H and O–H groups in total. The molecular formula is C39H46N8O6. The van der Waals surface area contributed by atoms with Crippen molar-refractivity contribution in [3.05, 3.63) is 71.6 Å². The van der Waals surface area contributed by atoms with Gasteiger partial charge < -0.3 is 39.9 Å². The van der Waals surface area contributed by atoms with Crippen LogP contribution >= 0.6 is 0 Å². The van der Waals surface area contributed by atoms with Crippen LogP contribution in [0.4, 0.5) is 9.59 Å². The number of imidazole rings is 2. The minimum Gasteiger partial charge on any atom is -0.453 e. The van der Waals surface area contributed by atoms with Gasteiger partial charge in [-0.3, -0.25) is 9.59 Å². The van der Waals surface area contributed by atoms with Crippen LogP contribution in [0.25, 0.3) is 33.6 Å². The minimum absolute atomic E-state index is 0.151. The number of nitrogens with one attached hydrogen (secondary N) is 4. The van der Waals surface area contributed by atoms with E-state index in [1.807, 2.05) is 4.90 Å². The van der Waals surface area contributed by atoms with Gasteiger partial charge in [-0.15, -0.1) is 0 Å². The Balaban J connectivity index is 1.05. The first-order valence-electron chi connectivity index (χ1n) is 18.3. The van der Waals surface area contributed by atoms with Gasteiger partial charge in [0.05, 0.1) is 43.9 Å². The summed E-state index contributed by atoms with van der Waals surface area (Å²) in [5.74, 6) is 1.20. The monoisotopic (exact) mass is 722 g/mol. The molecule has 2 aromatic carbocycles. The molecular weight excluding hydrogens is 676 g/mol. The Morgan fingerprint density at radius 3 is 1.96 bits per heavy atom. The maximum atomic E-state index is 13.3. The molecule has 4 atom stereocenters. The predicted molar refractivity (Wildman–Crippen MR) is 196 cm³/mol. The molecule has 0 saturated carbocycles. The average Bonchev–Trinajstić information content (AvgIpc) is 4.00. The van der Waals surface area contributed by atoms with Gasteiger partial charge >= 0.3 is 12.2 Å². The molecule has 4 heterocycles. The Kier molecular flexibility index (Phi) is 10.2. The average molecular weight is 723 g/mol. The van der Waals surface area contributed by atoms with Crippen molar-refractivity contribution >= 4 is 24.0 Å². The fraction of sp³-hybridized carbons (Fsp3) is 0.436. The third-order valence-corrected chi connectivity index (χ3v) is 10.6. The number of aryl methyl sites for hydroxylation is 2. The molecule has 53 heavy (non-hydrogen) atoms. The summed E-state index contributed by atoms with van der Waals surface area (Å²) in [4.78, 5) is 70.1. The number of amides is 4. The number of H-pyrrole nitrogens is 2. The van der Waals surface area contributed by atoms with E-state index >= 15 is 0 Å². The van der Waals surface area contributed by atoms with Gasteiger partial charge in [-0.1, -0.05) is 42.5 Å². The summed E-state index contributed by atoms with van der Waals surface area (Å²) < 4.78 is 9.34. The lowest BCUT2D eigenvalue weighted by Crippen LogP contribution is -2.46. The van der Waals surface area contributed by atoms with Crippen LogP contribution < -0.4 is 10.6 Å². The van der Waals surface area contributed by atoms with E-state index < -0.39 is 24.3 Å². The lowest BCUT2D eigenvalue weighted by Gasteiger charge is -2.26. The Hall–Kier alpha value is -5.66. The van der Waals surface area contributed by atoms with E-state index in [0.29, 0.717) is 13.1 Å². The molecule has 14 heteroatoms. The molecule has 0 radical (unpaired) electrons. The van der Waals surface area contributed by atoms with Crippen molar-refractivity contribution in [3.8, 4) is 33.6 Å². The second-order valence-corrected chi connectivity index (χ2v) is 14.0. The maximum Gasteiger partial charge on any atom is 0.407 e. The van der Waals surface area contributed by atoms with Gasteiger partial charge in [0.1, 0.15) is 23.7 Å². The highest BCUT2D eigenvalue weighted by atomic mass is 16.5. The Bertz CT molecular complexity index is 2000. The van der Waals surface area contributed by atoms with Crippen molar-refractivity contribution in [2.75, 3.05) is 27.3 Å². The zero-order valence-electron chi connectivity index (χ0n) is 30.5. The fourth-order valence-corrected chi connectivity index (χ4v) is 7.87. The van der Waals surface area contributed by atoms with Crippen molar-refractivity contribution in [2.45, 2.75) is 83.0 Å². The first-order valence-corrected chi connectivity index (χ1v) is 18.3. The highest BCUT2D eigenvalue weighted by Gasteiger charge is 2.37. The number of hydrogen-bond acceptors (Lipinski definition) is 8. The third kappa shape index (κ3) is 7.22. The number of carbonyl (C=O) groups is 4. The molecule has 14 nitrogen and oxygen atoms in total. The van der Waals surface area contributed by atoms with Crippen LogP contribution in [0.15, 0.2) is 48.7 Å². The first kappa shape index (κ1) is 35.7. The number of aromatic amines is 2. The molecule has 1 aliphatic carbocycles. The molecule has 0 spiro atoms. The number of likely N-dealkylation sites (tertiary alicyclic amines) is 2. The maximum absolute atomic E-state index is 13.3. The lowest BCUT2D eigenvalue weighted by molar-refractivity contribution is -0.134. The molecule has 2 fully saturated rings. The molecule has 2 saturated heterocycles. The quantitative estimate of drug-likeness (QED) is 0.186. The summed E-state index contributed by atoms with van der Waals surface area (Å²) in [6.07, 6.45) is 6.62. The van der Waals surface area contributed by atoms with Crippen LogP contribution in [0.2, 0.25) is 0 Å². The molecule has 278 valence electrons. The van der Waals surface area contributed by atoms with Gasteiger partial charge in [0.15, 0.2) is 0 Å². The summed E-state index contributed by atoms with van der Waals surface area (Å²) in [6, 6.07) is 13.2. The molecule has 3 aliphatic rings. The van der Waals surface area contributed by atoms with Crippen LogP contribution in [-0.4, -0.2) is 93.1 Å². The van der Waals surface area contributed by atoms with E-state index in [2.05, 4.69) is 77.5 Å². The third-order valence-electron chi connectivity index (χ3n) is 10.6. The minimum atomic E-state index is -0.704. The highest BCUT2D eigenvalue weighted by Crippen LogP contribution is 2.38. The Morgan fingerprint density at radius 2 is 1.34 bits per heavy atom. The normalized spacial score (nSPS) is 19.1. The van der Waals surface area contributed by atoms with E-state index in [4.69, 9.17) is 4.98 Å². The summed E-state index contributed by atoms with van der Waals surface area (Å²) >= 11 is 0. The standard InChI is InChI=1S/C39H46N8O6/c1-22(41-38(50)52-3)36(48)46-18-6-10-31(46)34-40-21-30(44-34)25-14-12-24(13-15-25)26-16-17-28-27(20-26)8-5-9-29-33(28)45-35(43-29)32-11-7-19-47(32)37(49)23(2)42-39(51)53-4/h12-17,20-23,31-32H,5-11,18-19H2,1-4H3,(H,40,44)(H,41,50)(H,42,51)(H,43,45)/t22-,23-,31-,32-/m0/s1. The largest absolute Gasteiger partial charge is 0.453 e. The lowest BCUT2D eigenvalue weighted by atomic mass is 9.95. The number of methoxy groups -OCH3 is 2. The van der Waals surface area contributed by atoms with Crippen LogP contribution in [0.3, 0.4) is 0 Å². The zero-order chi connectivity index (χ0) is 37.2. The van der Waals surface area contributed by atoms with Crippen LogP contribution in [0.1, 0.15) is 80.9 Å². The zero-order valence-corrected chi connectivity index (χ0v) is 30.5. The number of aromatic nitrogens is 4. The molecule has 0 bridgehead atoms. The van der Waals surface area contributed by atoms with Gasteiger partial charge in [0, 0.05) is 24.3 Å². The van der Waals surface area contributed by atoms with Gasteiger partial charge in [-0.25, -0.2) is 19.6 Å². The van der Waals surface area contributed by atoms with Crippen LogP contribution in [0.5, 0.6) is 0 Å².